The maximum Gasteiger partial charge on any atom is 0.0681 e. The second-order valence-electron chi connectivity index (χ2n) is 5.22. The van der Waals surface area contributed by atoms with Gasteiger partial charge in [-0.2, -0.15) is 0 Å². The SMILES string of the molecule is C=C(Br)CN1CCC2(CC1)[C@H](O)C[C@H]2OCC. The number of hydrogen-bond acceptors (Lipinski definition) is 3. The fourth-order valence-electron chi connectivity index (χ4n) is 3.19. The molecule has 1 saturated carbocycles. The van der Waals surface area contributed by atoms with E-state index in [4.69, 9.17) is 4.74 Å². The molecular weight excluding hydrogens is 282 g/mol. The summed E-state index contributed by atoms with van der Waals surface area (Å²) in [6.07, 6.45) is 3.02. The topological polar surface area (TPSA) is 32.7 Å². The molecule has 17 heavy (non-hydrogen) atoms. The Balaban J connectivity index is 1.90. The Morgan fingerprint density at radius 3 is 2.65 bits per heavy atom. The highest BCUT2D eigenvalue weighted by Crippen LogP contribution is 2.50. The van der Waals surface area contributed by atoms with Gasteiger partial charge >= 0.3 is 0 Å². The molecule has 0 radical (unpaired) electrons. The molecule has 2 fully saturated rings. The van der Waals surface area contributed by atoms with Gasteiger partial charge in [-0.3, -0.25) is 4.90 Å². The lowest BCUT2D eigenvalue weighted by molar-refractivity contribution is -0.209. The fourth-order valence-corrected chi connectivity index (χ4v) is 3.54. The van der Waals surface area contributed by atoms with Crippen LogP contribution in [0.3, 0.4) is 0 Å². The van der Waals surface area contributed by atoms with Gasteiger partial charge in [0.1, 0.15) is 0 Å². The summed E-state index contributed by atoms with van der Waals surface area (Å²) < 4.78 is 6.78. The number of likely N-dealkylation sites (tertiary alicyclic amines) is 1. The first-order valence-electron chi connectivity index (χ1n) is 6.44. The van der Waals surface area contributed by atoms with Crippen molar-refractivity contribution in [1.82, 2.24) is 4.90 Å². The highest BCUT2D eigenvalue weighted by molar-refractivity contribution is 9.11. The van der Waals surface area contributed by atoms with Gasteiger partial charge < -0.3 is 9.84 Å². The van der Waals surface area contributed by atoms with E-state index in [0.29, 0.717) is 0 Å². The average Bonchev–Trinajstić information content (AvgIpc) is 2.29. The summed E-state index contributed by atoms with van der Waals surface area (Å²) in [5.41, 5.74) is 0.0418. The van der Waals surface area contributed by atoms with Crippen LogP contribution in [-0.4, -0.2) is 48.5 Å². The Hall–Kier alpha value is 0.1000. The lowest BCUT2D eigenvalue weighted by Gasteiger charge is -2.56. The van der Waals surface area contributed by atoms with E-state index >= 15 is 0 Å². The van der Waals surface area contributed by atoms with Crippen LogP contribution in [0.4, 0.5) is 0 Å². The van der Waals surface area contributed by atoms with Gasteiger partial charge in [0.05, 0.1) is 12.2 Å². The molecule has 0 unspecified atom stereocenters. The van der Waals surface area contributed by atoms with E-state index < -0.39 is 0 Å². The minimum atomic E-state index is -0.159. The molecule has 2 atom stereocenters. The molecule has 0 aromatic rings. The van der Waals surface area contributed by atoms with Gasteiger partial charge in [-0.15, -0.1) is 0 Å². The van der Waals surface area contributed by atoms with Crippen LogP contribution in [0.25, 0.3) is 0 Å². The van der Waals surface area contributed by atoms with Crippen LogP contribution in [0.2, 0.25) is 0 Å². The van der Waals surface area contributed by atoms with Crippen molar-refractivity contribution in [3.05, 3.63) is 11.1 Å². The molecule has 0 aromatic carbocycles. The predicted octanol–water partition coefficient (Wildman–Crippen LogP) is 2.15. The Morgan fingerprint density at radius 2 is 2.18 bits per heavy atom. The second-order valence-corrected chi connectivity index (χ2v) is 6.34. The Morgan fingerprint density at radius 1 is 1.53 bits per heavy atom. The molecule has 0 bridgehead atoms. The van der Waals surface area contributed by atoms with Crippen LogP contribution < -0.4 is 0 Å². The highest BCUT2D eigenvalue weighted by atomic mass is 79.9. The number of rotatable bonds is 4. The van der Waals surface area contributed by atoms with Crippen molar-refractivity contribution >= 4 is 15.9 Å². The summed E-state index contributed by atoms with van der Waals surface area (Å²) in [5.74, 6) is 0. The first-order valence-corrected chi connectivity index (χ1v) is 7.23. The summed E-state index contributed by atoms with van der Waals surface area (Å²) >= 11 is 3.41. The van der Waals surface area contributed by atoms with E-state index in [2.05, 4.69) is 27.4 Å². The first kappa shape index (κ1) is 13.5. The fraction of sp³-hybridized carbons (Fsp3) is 0.846. The molecule has 2 rings (SSSR count). The molecular formula is C13H22BrNO2. The zero-order chi connectivity index (χ0) is 12.5. The molecule has 0 aromatic heterocycles. The molecule has 0 amide bonds. The summed E-state index contributed by atoms with van der Waals surface area (Å²) in [6, 6.07) is 0. The maximum atomic E-state index is 10.1. The Kier molecular flexibility index (Phi) is 4.29. The number of nitrogens with zero attached hydrogens (tertiary/aromatic N) is 1. The lowest BCUT2D eigenvalue weighted by atomic mass is 9.58. The number of aliphatic hydroxyl groups excluding tert-OH is 1. The van der Waals surface area contributed by atoms with Crippen LogP contribution in [0.1, 0.15) is 26.2 Å². The average molecular weight is 304 g/mol. The number of halogens is 1. The lowest BCUT2D eigenvalue weighted by Crippen LogP contribution is -2.62. The van der Waals surface area contributed by atoms with E-state index in [0.717, 1.165) is 50.0 Å². The van der Waals surface area contributed by atoms with Gasteiger partial charge in [0.2, 0.25) is 0 Å². The van der Waals surface area contributed by atoms with E-state index in [1.807, 2.05) is 6.92 Å². The van der Waals surface area contributed by atoms with Crippen molar-refractivity contribution < 1.29 is 9.84 Å². The molecule has 1 heterocycles. The van der Waals surface area contributed by atoms with Gasteiger partial charge in [-0.05, 0) is 32.9 Å². The van der Waals surface area contributed by atoms with Crippen LogP contribution in [-0.2, 0) is 4.74 Å². The highest BCUT2D eigenvalue weighted by Gasteiger charge is 2.55. The summed E-state index contributed by atoms with van der Waals surface area (Å²) in [4.78, 5) is 2.39. The Bertz CT molecular complexity index is 285. The molecule has 2 aliphatic rings. The van der Waals surface area contributed by atoms with E-state index in [9.17, 15) is 5.11 Å². The van der Waals surface area contributed by atoms with Crippen LogP contribution in [0.15, 0.2) is 11.1 Å². The number of piperidine rings is 1. The standard InChI is InChI=1S/C13H22BrNO2/c1-3-17-12-8-11(16)13(12)4-6-15(7-5-13)9-10(2)14/h11-12,16H,2-9H2,1H3/t11-,12-/m1/s1. The molecule has 1 aliphatic carbocycles. The van der Waals surface area contributed by atoms with E-state index in [-0.39, 0.29) is 17.6 Å². The monoisotopic (exact) mass is 303 g/mol. The van der Waals surface area contributed by atoms with Crippen LogP contribution in [0.5, 0.6) is 0 Å². The van der Waals surface area contributed by atoms with E-state index in [1.165, 1.54) is 0 Å². The third-order valence-corrected chi connectivity index (χ3v) is 4.54. The van der Waals surface area contributed by atoms with Crippen LogP contribution >= 0.6 is 15.9 Å². The normalized spacial score (nSPS) is 32.4. The molecule has 4 heteroatoms. The minimum Gasteiger partial charge on any atom is -0.392 e. The zero-order valence-corrected chi connectivity index (χ0v) is 12.1. The quantitative estimate of drug-likeness (QED) is 0.864. The largest absolute Gasteiger partial charge is 0.392 e. The van der Waals surface area contributed by atoms with Crippen molar-refractivity contribution in [2.24, 2.45) is 5.41 Å². The second kappa shape index (κ2) is 5.39. The third-order valence-electron chi connectivity index (χ3n) is 4.29. The number of hydrogen-bond donors (Lipinski definition) is 1. The first-order chi connectivity index (χ1) is 8.08. The van der Waals surface area contributed by atoms with Crippen LogP contribution in [0, 0.1) is 5.41 Å². The predicted molar refractivity (Wildman–Crippen MR) is 72.2 cm³/mol. The van der Waals surface area contributed by atoms with Gasteiger partial charge in [-0.1, -0.05) is 22.5 Å². The number of aliphatic hydroxyl groups is 1. The third kappa shape index (κ3) is 2.60. The van der Waals surface area contributed by atoms with Crippen molar-refractivity contribution in [3.8, 4) is 0 Å². The molecule has 3 nitrogen and oxygen atoms in total. The van der Waals surface area contributed by atoms with E-state index in [1.54, 1.807) is 0 Å². The van der Waals surface area contributed by atoms with Crippen molar-refractivity contribution in [2.75, 3.05) is 26.2 Å². The maximum absolute atomic E-state index is 10.1. The summed E-state index contributed by atoms with van der Waals surface area (Å²) in [7, 11) is 0. The van der Waals surface area contributed by atoms with Gasteiger partial charge in [0, 0.05) is 29.5 Å². The molecule has 1 saturated heterocycles. The molecule has 98 valence electrons. The molecule has 1 spiro atoms. The zero-order valence-electron chi connectivity index (χ0n) is 10.5. The van der Waals surface area contributed by atoms with Crippen molar-refractivity contribution in [2.45, 2.75) is 38.4 Å². The van der Waals surface area contributed by atoms with Gasteiger partial charge in [0.15, 0.2) is 0 Å². The summed E-state index contributed by atoms with van der Waals surface area (Å²) in [5, 5.41) is 10.1. The van der Waals surface area contributed by atoms with Crippen molar-refractivity contribution in [3.63, 3.8) is 0 Å². The Labute approximate surface area is 112 Å². The van der Waals surface area contributed by atoms with Gasteiger partial charge in [0.25, 0.3) is 0 Å². The molecule has 1 aliphatic heterocycles. The van der Waals surface area contributed by atoms with Gasteiger partial charge in [-0.25, -0.2) is 0 Å². The summed E-state index contributed by atoms with van der Waals surface area (Å²) in [6.45, 7) is 9.64. The number of ether oxygens (including phenoxy) is 1. The minimum absolute atomic E-state index is 0.0418. The molecule has 1 N–H and O–H groups in total. The smallest absolute Gasteiger partial charge is 0.0681 e. The van der Waals surface area contributed by atoms with Crippen molar-refractivity contribution in [1.29, 1.82) is 0 Å².